The lowest BCUT2D eigenvalue weighted by Crippen LogP contribution is -2.50. The highest BCUT2D eigenvalue weighted by atomic mass is 19.2. The zero-order chi connectivity index (χ0) is 16.4. The second-order valence-electron chi connectivity index (χ2n) is 5.93. The molecule has 0 saturated carbocycles. The molecule has 0 aromatic carbocycles. The molecule has 3 rings (SSSR count). The molecule has 2 fully saturated rings. The van der Waals surface area contributed by atoms with E-state index in [0.717, 1.165) is 32.4 Å². The molecule has 2 aliphatic heterocycles. The van der Waals surface area contributed by atoms with E-state index in [9.17, 15) is 17.6 Å². The smallest absolute Gasteiger partial charge is 0.253 e. The fraction of sp³-hybridized carbons (Fsp3) is 0.667. The molecule has 0 spiro atoms. The molecular weight excluding hydrogens is 314 g/mol. The maximum absolute atomic E-state index is 14.1. The van der Waals surface area contributed by atoms with E-state index in [1.54, 1.807) is 0 Å². The number of piperidine rings is 1. The van der Waals surface area contributed by atoms with Crippen LogP contribution in [0.3, 0.4) is 0 Å². The minimum Gasteiger partial charge on any atom is -0.379 e. The molecule has 23 heavy (non-hydrogen) atoms. The lowest BCUT2D eigenvalue weighted by Gasteiger charge is -2.41. The van der Waals surface area contributed by atoms with Crippen molar-refractivity contribution in [3.8, 4) is 0 Å². The van der Waals surface area contributed by atoms with Crippen LogP contribution >= 0.6 is 0 Å². The van der Waals surface area contributed by atoms with Crippen LogP contribution in [-0.4, -0.2) is 55.3 Å². The quantitative estimate of drug-likeness (QED) is 0.627. The van der Waals surface area contributed by atoms with Gasteiger partial charge in [0, 0.05) is 32.2 Å². The predicted molar refractivity (Wildman–Crippen MR) is 76.3 cm³/mol. The van der Waals surface area contributed by atoms with E-state index < -0.39 is 29.2 Å². The third-order valence-electron chi connectivity index (χ3n) is 4.46. The summed E-state index contributed by atoms with van der Waals surface area (Å²) in [6, 6.07) is -0.188. The first-order valence-electron chi connectivity index (χ1n) is 7.84. The van der Waals surface area contributed by atoms with Crippen molar-refractivity contribution in [3.63, 3.8) is 0 Å². The molecule has 1 aromatic heterocycles. The molecule has 2 saturated heterocycles. The molecule has 8 heteroatoms. The van der Waals surface area contributed by atoms with E-state index in [2.05, 4.69) is 9.88 Å². The van der Waals surface area contributed by atoms with Crippen LogP contribution in [0, 0.1) is 23.5 Å². The van der Waals surface area contributed by atoms with Gasteiger partial charge in [0.15, 0.2) is 0 Å². The van der Waals surface area contributed by atoms with E-state index in [1.165, 1.54) is 4.90 Å². The van der Waals surface area contributed by atoms with E-state index in [-0.39, 0.29) is 6.04 Å². The van der Waals surface area contributed by atoms with Gasteiger partial charge in [-0.3, -0.25) is 4.90 Å². The number of nitrogens with zero attached hydrogens (tertiary/aromatic N) is 3. The van der Waals surface area contributed by atoms with Crippen LogP contribution in [-0.2, 0) is 4.74 Å². The Labute approximate surface area is 132 Å². The Kier molecular flexibility index (Phi) is 5.01. The number of pyridine rings is 1. The van der Waals surface area contributed by atoms with Crippen LogP contribution < -0.4 is 4.90 Å². The molecule has 128 valence electrons. The Balaban J connectivity index is 1.86. The highest BCUT2D eigenvalue weighted by Crippen LogP contribution is 2.32. The van der Waals surface area contributed by atoms with Crippen molar-refractivity contribution in [3.05, 3.63) is 23.5 Å². The summed E-state index contributed by atoms with van der Waals surface area (Å²) in [6.07, 6.45) is 2.37. The second kappa shape index (κ2) is 7.00. The van der Waals surface area contributed by atoms with Crippen molar-refractivity contribution in [2.75, 3.05) is 44.3 Å². The number of hydrogen-bond donors (Lipinski definition) is 0. The zero-order valence-corrected chi connectivity index (χ0v) is 12.7. The van der Waals surface area contributed by atoms with Gasteiger partial charge in [-0.1, -0.05) is 0 Å². The average Bonchev–Trinajstić information content (AvgIpc) is 2.56. The van der Waals surface area contributed by atoms with Gasteiger partial charge in [-0.2, -0.15) is 22.5 Å². The van der Waals surface area contributed by atoms with Crippen LogP contribution in [0.4, 0.5) is 23.2 Å². The van der Waals surface area contributed by atoms with Gasteiger partial charge in [0.25, 0.3) is 11.9 Å². The summed E-state index contributed by atoms with van der Waals surface area (Å²) >= 11 is 0. The number of morpholine rings is 1. The molecular formula is C15H19F4N3O. The largest absolute Gasteiger partial charge is 0.379 e. The van der Waals surface area contributed by atoms with Gasteiger partial charge in [-0.15, -0.1) is 0 Å². The first kappa shape index (κ1) is 16.4. The second-order valence-corrected chi connectivity index (χ2v) is 5.93. The molecule has 2 aliphatic rings. The molecule has 4 nitrogen and oxygen atoms in total. The lowest BCUT2D eigenvalue weighted by molar-refractivity contribution is 0.0338. The van der Waals surface area contributed by atoms with E-state index in [0.29, 0.717) is 26.3 Å². The maximum atomic E-state index is 14.1. The Morgan fingerprint density at radius 2 is 1.61 bits per heavy atom. The summed E-state index contributed by atoms with van der Waals surface area (Å²) in [5.41, 5.74) is -0.632. The van der Waals surface area contributed by atoms with Gasteiger partial charge in [0.1, 0.15) is 5.69 Å². The number of ether oxygens (including phenoxy) is 1. The van der Waals surface area contributed by atoms with Gasteiger partial charge in [0.05, 0.1) is 13.2 Å². The molecule has 0 amide bonds. The summed E-state index contributed by atoms with van der Waals surface area (Å²) in [5, 5.41) is 0. The maximum Gasteiger partial charge on any atom is 0.253 e. The fourth-order valence-electron chi connectivity index (χ4n) is 3.29. The van der Waals surface area contributed by atoms with Gasteiger partial charge in [-0.05, 0) is 19.3 Å². The van der Waals surface area contributed by atoms with Crippen molar-refractivity contribution in [1.29, 1.82) is 0 Å². The van der Waals surface area contributed by atoms with E-state index in [1.807, 2.05) is 0 Å². The molecule has 0 radical (unpaired) electrons. The summed E-state index contributed by atoms with van der Waals surface area (Å²) in [5.74, 6) is -6.04. The van der Waals surface area contributed by atoms with Crippen molar-refractivity contribution in [2.24, 2.45) is 0 Å². The molecule has 0 bridgehead atoms. The number of anilines is 1. The first-order valence-corrected chi connectivity index (χ1v) is 7.84. The van der Waals surface area contributed by atoms with Crippen molar-refractivity contribution in [2.45, 2.75) is 25.3 Å². The van der Waals surface area contributed by atoms with Crippen LogP contribution in [0.25, 0.3) is 0 Å². The Hall–Kier alpha value is -1.41. The van der Waals surface area contributed by atoms with Crippen LogP contribution in [0.1, 0.15) is 19.3 Å². The first-order chi connectivity index (χ1) is 11.1. The van der Waals surface area contributed by atoms with Crippen molar-refractivity contribution >= 4 is 5.69 Å². The van der Waals surface area contributed by atoms with Gasteiger partial charge >= 0.3 is 0 Å². The Bertz CT molecular complexity index is 540. The summed E-state index contributed by atoms with van der Waals surface area (Å²) in [7, 11) is 0. The lowest BCUT2D eigenvalue weighted by atomic mass is 10.0. The van der Waals surface area contributed by atoms with Gasteiger partial charge in [0.2, 0.25) is 11.6 Å². The molecule has 3 heterocycles. The SMILES string of the molecule is Fc1nc(F)c(F)c(N2CCCCC2CN2CCOCC2)c1F. The molecule has 1 aromatic rings. The standard InChI is InChI=1S/C15H19F4N3O/c16-11-13(12(17)15(19)20-14(11)18)22-4-2-1-3-10(22)9-21-5-7-23-8-6-21/h10H,1-9H2. The predicted octanol–water partition coefficient (Wildman–Crippen LogP) is 2.33. The highest BCUT2D eigenvalue weighted by Gasteiger charge is 2.32. The minimum atomic E-state index is -1.60. The van der Waals surface area contributed by atoms with Crippen LogP contribution in [0.15, 0.2) is 0 Å². The van der Waals surface area contributed by atoms with Crippen molar-refractivity contribution in [1.82, 2.24) is 9.88 Å². The highest BCUT2D eigenvalue weighted by molar-refractivity contribution is 5.50. The molecule has 0 aliphatic carbocycles. The van der Waals surface area contributed by atoms with E-state index in [4.69, 9.17) is 4.74 Å². The van der Waals surface area contributed by atoms with Gasteiger partial charge < -0.3 is 9.64 Å². The van der Waals surface area contributed by atoms with Crippen LogP contribution in [0.5, 0.6) is 0 Å². The fourth-order valence-corrected chi connectivity index (χ4v) is 3.29. The van der Waals surface area contributed by atoms with Gasteiger partial charge in [-0.25, -0.2) is 0 Å². The normalized spacial score (nSPS) is 23.3. The average molecular weight is 333 g/mol. The number of aromatic nitrogens is 1. The summed E-state index contributed by atoms with van der Waals surface area (Å²) < 4.78 is 60.2. The minimum absolute atomic E-state index is 0.188. The zero-order valence-electron chi connectivity index (χ0n) is 12.7. The summed E-state index contributed by atoms with van der Waals surface area (Å²) in [4.78, 5) is 6.24. The number of halogens is 4. The Morgan fingerprint density at radius 1 is 0.957 bits per heavy atom. The summed E-state index contributed by atoms with van der Waals surface area (Å²) in [6.45, 7) is 3.68. The van der Waals surface area contributed by atoms with Crippen LogP contribution in [0.2, 0.25) is 0 Å². The number of hydrogen-bond acceptors (Lipinski definition) is 4. The Morgan fingerprint density at radius 3 is 2.26 bits per heavy atom. The third kappa shape index (κ3) is 3.42. The monoisotopic (exact) mass is 333 g/mol. The molecule has 1 atom stereocenters. The van der Waals surface area contributed by atoms with Crippen molar-refractivity contribution < 1.29 is 22.3 Å². The van der Waals surface area contributed by atoms with E-state index >= 15 is 0 Å². The topological polar surface area (TPSA) is 28.6 Å². The third-order valence-corrected chi connectivity index (χ3v) is 4.46. The number of rotatable bonds is 3. The molecule has 1 unspecified atom stereocenters. The molecule has 0 N–H and O–H groups in total.